The number of anilines is 1. The van der Waals surface area contributed by atoms with E-state index in [1.165, 1.54) is 6.20 Å². The third kappa shape index (κ3) is 1.68. The second kappa shape index (κ2) is 3.90. The van der Waals surface area contributed by atoms with E-state index in [9.17, 15) is 4.79 Å². The van der Waals surface area contributed by atoms with Gasteiger partial charge in [-0.05, 0) is 6.42 Å². The molecule has 1 aliphatic heterocycles. The summed E-state index contributed by atoms with van der Waals surface area (Å²) >= 11 is 0. The molecule has 0 radical (unpaired) electrons. The molecule has 1 unspecified atom stereocenters. The molecule has 0 aromatic carbocycles. The van der Waals surface area contributed by atoms with Gasteiger partial charge in [0.25, 0.3) is 5.91 Å². The van der Waals surface area contributed by atoms with E-state index in [2.05, 4.69) is 10.4 Å². The van der Waals surface area contributed by atoms with Crippen molar-refractivity contribution < 1.29 is 9.53 Å². The number of nitrogens with zero attached hydrogens (tertiary/aromatic N) is 2. The van der Waals surface area contributed by atoms with Gasteiger partial charge in [-0.2, -0.15) is 5.10 Å². The van der Waals surface area contributed by atoms with Crippen LogP contribution in [-0.4, -0.2) is 35.9 Å². The van der Waals surface area contributed by atoms with Crippen LogP contribution in [0, 0.1) is 0 Å². The van der Waals surface area contributed by atoms with E-state index in [0.717, 1.165) is 13.0 Å². The van der Waals surface area contributed by atoms with E-state index in [0.29, 0.717) is 18.0 Å². The van der Waals surface area contributed by atoms with E-state index in [1.807, 2.05) is 0 Å². The molecular formula is C9H14N4O2. The average Bonchev–Trinajstić information content (AvgIpc) is 2.85. The maximum Gasteiger partial charge on any atom is 0.254 e. The highest BCUT2D eigenvalue weighted by atomic mass is 16.5. The Morgan fingerprint density at radius 2 is 2.60 bits per heavy atom. The first kappa shape index (κ1) is 9.97. The van der Waals surface area contributed by atoms with Gasteiger partial charge in [0.2, 0.25) is 0 Å². The number of rotatable bonds is 3. The number of ether oxygens (including phenoxy) is 1. The van der Waals surface area contributed by atoms with Crippen molar-refractivity contribution in [2.75, 3.05) is 25.6 Å². The Balaban J connectivity index is 2.34. The molecule has 0 bridgehead atoms. The van der Waals surface area contributed by atoms with Gasteiger partial charge in [0, 0.05) is 13.7 Å². The summed E-state index contributed by atoms with van der Waals surface area (Å²) in [4.78, 5) is 11.1. The number of nitrogens with one attached hydrogen (secondary N) is 1. The molecule has 0 spiro atoms. The summed E-state index contributed by atoms with van der Waals surface area (Å²) in [6.07, 6.45) is 2.40. The summed E-state index contributed by atoms with van der Waals surface area (Å²) in [5, 5.41) is 7.11. The molecule has 82 valence electrons. The number of primary amides is 1. The fourth-order valence-electron chi connectivity index (χ4n) is 1.78. The van der Waals surface area contributed by atoms with Crippen LogP contribution in [-0.2, 0) is 4.74 Å². The molecule has 2 heterocycles. The largest absolute Gasteiger partial charge is 0.379 e. The summed E-state index contributed by atoms with van der Waals surface area (Å²) in [6, 6.07) is 0.195. The molecule has 2 rings (SSSR count). The zero-order valence-corrected chi connectivity index (χ0v) is 8.56. The molecule has 1 atom stereocenters. The number of carbonyl (C=O) groups excluding carboxylic acids is 1. The average molecular weight is 210 g/mol. The Bertz CT molecular complexity index is 368. The van der Waals surface area contributed by atoms with Crippen molar-refractivity contribution >= 4 is 11.7 Å². The van der Waals surface area contributed by atoms with E-state index in [-0.39, 0.29) is 6.04 Å². The molecular weight excluding hydrogens is 196 g/mol. The van der Waals surface area contributed by atoms with Crippen molar-refractivity contribution in [3.8, 4) is 0 Å². The van der Waals surface area contributed by atoms with Crippen LogP contribution in [0.1, 0.15) is 22.8 Å². The molecule has 1 aliphatic rings. The van der Waals surface area contributed by atoms with Gasteiger partial charge in [-0.1, -0.05) is 0 Å². The highest BCUT2D eigenvalue weighted by molar-refractivity contribution is 5.97. The monoisotopic (exact) mass is 210 g/mol. The lowest BCUT2D eigenvalue weighted by Gasteiger charge is -2.12. The van der Waals surface area contributed by atoms with Gasteiger partial charge in [-0.3, -0.25) is 4.79 Å². The van der Waals surface area contributed by atoms with Crippen molar-refractivity contribution in [2.24, 2.45) is 5.73 Å². The van der Waals surface area contributed by atoms with Gasteiger partial charge >= 0.3 is 0 Å². The third-order valence-electron chi connectivity index (χ3n) is 2.55. The number of hydrogen-bond acceptors (Lipinski definition) is 4. The zero-order chi connectivity index (χ0) is 10.8. The van der Waals surface area contributed by atoms with Crippen LogP contribution in [0.2, 0.25) is 0 Å². The summed E-state index contributed by atoms with van der Waals surface area (Å²) in [5.41, 5.74) is 5.66. The number of amides is 1. The first-order chi connectivity index (χ1) is 7.24. The summed E-state index contributed by atoms with van der Waals surface area (Å²) in [7, 11) is 1.75. The predicted molar refractivity (Wildman–Crippen MR) is 54.8 cm³/mol. The molecule has 6 heteroatoms. The predicted octanol–water partition coefficient (Wildman–Crippen LogP) is -0.0149. The lowest BCUT2D eigenvalue weighted by Crippen LogP contribution is -2.16. The third-order valence-corrected chi connectivity index (χ3v) is 2.55. The van der Waals surface area contributed by atoms with E-state index >= 15 is 0 Å². The number of hydrogen-bond donors (Lipinski definition) is 2. The van der Waals surface area contributed by atoms with E-state index < -0.39 is 5.91 Å². The maximum absolute atomic E-state index is 11.1. The fourth-order valence-corrected chi connectivity index (χ4v) is 1.78. The summed E-state index contributed by atoms with van der Waals surface area (Å²) < 4.78 is 7.05. The van der Waals surface area contributed by atoms with Gasteiger partial charge in [0.05, 0.1) is 18.8 Å². The topological polar surface area (TPSA) is 82.2 Å². The summed E-state index contributed by atoms with van der Waals surface area (Å²) in [5.74, 6) is 0.197. The Morgan fingerprint density at radius 3 is 3.13 bits per heavy atom. The molecule has 6 nitrogen and oxygen atoms in total. The molecule has 15 heavy (non-hydrogen) atoms. The smallest absolute Gasteiger partial charge is 0.254 e. The quantitative estimate of drug-likeness (QED) is 0.734. The molecule has 1 amide bonds. The Hall–Kier alpha value is -1.56. The molecule has 1 fully saturated rings. The minimum atomic E-state index is -0.468. The SMILES string of the molecule is CNc1c(C(N)=O)cnn1C1CCOC1. The molecule has 1 saturated heterocycles. The van der Waals surface area contributed by atoms with E-state index in [4.69, 9.17) is 10.5 Å². The van der Waals surface area contributed by atoms with Crippen molar-refractivity contribution in [3.05, 3.63) is 11.8 Å². The van der Waals surface area contributed by atoms with Gasteiger partial charge in [0.1, 0.15) is 11.4 Å². The Morgan fingerprint density at radius 1 is 1.80 bits per heavy atom. The number of aromatic nitrogens is 2. The maximum atomic E-state index is 11.1. The van der Waals surface area contributed by atoms with Gasteiger partial charge in [0.15, 0.2) is 0 Å². The fraction of sp³-hybridized carbons (Fsp3) is 0.556. The lowest BCUT2D eigenvalue weighted by atomic mass is 10.2. The zero-order valence-electron chi connectivity index (χ0n) is 8.56. The van der Waals surface area contributed by atoms with Crippen LogP contribution in [0.15, 0.2) is 6.20 Å². The first-order valence-corrected chi connectivity index (χ1v) is 4.87. The Kier molecular flexibility index (Phi) is 2.59. The summed E-state index contributed by atoms with van der Waals surface area (Å²) in [6.45, 7) is 1.37. The number of carbonyl (C=O) groups is 1. The molecule has 1 aromatic rings. The van der Waals surface area contributed by atoms with Crippen LogP contribution < -0.4 is 11.1 Å². The highest BCUT2D eigenvalue weighted by Gasteiger charge is 2.23. The first-order valence-electron chi connectivity index (χ1n) is 4.87. The highest BCUT2D eigenvalue weighted by Crippen LogP contribution is 2.24. The molecule has 3 N–H and O–H groups in total. The minimum absolute atomic E-state index is 0.195. The van der Waals surface area contributed by atoms with Crippen LogP contribution in [0.25, 0.3) is 0 Å². The molecule has 0 aliphatic carbocycles. The van der Waals surface area contributed by atoms with Crippen LogP contribution >= 0.6 is 0 Å². The standard InChI is InChI=1S/C9H14N4O2/c1-11-9-7(8(10)14)4-12-13(9)6-2-3-15-5-6/h4,6,11H,2-3,5H2,1H3,(H2,10,14). The molecule has 1 aromatic heterocycles. The van der Waals surface area contributed by atoms with Crippen LogP contribution in [0.3, 0.4) is 0 Å². The number of nitrogens with two attached hydrogens (primary N) is 1. The van der Waals surface area contributed by atoms with Crippen LogP contribution in [0.5, 0.6) is 0 Å². The van der Waals surface area contributed by atoms with Gasteiger partial charge in [-0.15, -0.1) is 0 Å². The van der Waals surface area contributed by atoms with E-state index in [1.54, 1.807) is 11.7 Å². The van der Waals surface area contributed by atoms with Crippen LogP contribution in [0.4, 0.5) is 5.82 Å². The van der Waals surface area contributed by atoms with Crippen molar-refractivity contribution in [1.29, 1.82) is 0 Å². The van der Waals surface area contributed by atoms with Gasteiger partial charge in [-0.25, -0.2) is 4.68 Å². The lowest BCUT2D eigenvalue weighted by molar-refractivity contribution is 0.100. The van der Waals surface area contributed by atoms with Gasteiger partial charge < -0.3 is 15.8 Å². The van der Waals surface area contributed by atoms with Crippen molar-refractivity contribution in [3.63, 3.8) is 0 Å². The second-order valence-electron chi connectivity index (χ2n) is 3.48. The Labute approximate surface area is 87.4 Å². The second-order valence-corrected chi connectivity index (χ2v) is 3.48. The minimum Gasteiger partial charge on any atom is -0.379 e. The van der Waals surface area contributed by atoms with Crippen molar-refractivity contribution in [1.82, 2.24) is 9.78 Å². The van der Waals surface area contributed by atoms with Crippen molar-refractivity contribution in [2.45, 2.75) is 12.5 Å². The molecule has 0 saturated carbocycles. The normalized spacial score (nSPS) is 20.5.